The molecule has 0 aliphatic carbocycles. The number of fused-ring (bicyclic) bond motifs is 1. The topological polar surface area (TPSA) is 82.3 Å². The summed E-state index contributed by atoms with van der Waals surface area (Å²) >= 11 is 0. The van der Waals surface area contributed by atoms with Crippen molar-refractivity contribution in [3.05, 3.63) is 71.6 Å². The van der Waals surface area contributed by atoms with Crippen LogP contribution in [0, 0.1) is 0 Å². The SMILES string of the molecule is COc1cccc(Cn2nnc3c2CN(N)C=C3c2ccco2)c1. The van der Waals surface area contributed by atoms with E-state index in [1.807, 2.05) is 47.3 Å². The molecule has 0 atom stereocenters. The predicted molar refractivity (Wildman–Crippen MR) is 87.6 cm³/mol. The first-order valence-electron chi connectivity index (χ1n) is 7.57. The van der Waals surface area contributed by atoms with Gasteiger partial charge < -0.3 is 14.2 Å². The van der Waals surface area contributed by atoms with E-state index in [9.17, 15) is 0 Å². The molecule has 0 amide bonds. The predicted octanol–water partition coefficient (Wildman–Crippen LogP) is 2.01. The number of methoxy groups -OCH3 is 1. The Balaban J connectivity index is 1.69. The van der Waals surface area contributed by atoms with Gasteiger partial charge in [0.2, 0.25) is 0 Å². The highest BCUT2D eigenvalue weighted by Gasteiger charge is 2.25. The Hall–Kier alpha value is -3.06. The van der Waals surface area contributed by atoms with Crippen LogP contribution in [0.25, 0.3) is 5.57 Å². The largest absolute Gasteiger partial charge is 0.497 e. The maximum absolute atomic E-state index is 6.04. The van der Waals surface area contributed by atoms with Crippen LogP contribution in [-0.4, -0.2) is 27.1 Å². The first kappa shape index (κ1) is 14.5. The number of aromatic nitrogens is 3. The van der Waals surface area contributed by atoms with Crippen molar-refractivity contribution in [3.8, 4) is 5.75 Å². The van der Waals surface area contributed by atoms with Crippen molar-refractivity contribution in [3.63, 3.8) is 0 Å². The van der Waals surface area contributed by atoms with Crippen LogP contribution in [0.4, 0.5) is 0 Å². The van der Waals surface area contributed by atoms with Gasteiger partial charge in [0.15, 0.2) is 0 Å². The number of furan rings is 1. The number of ether oxygens (including phenoxy) is 1. The third-order valence-electron chi connectivity index (χ3n) is 3.97. The lowest BCUT2D eigenvalue weighted by Gasteiger charge is -2.21. The standard InChI is InChI=1S/C17H17N5O2/c1-23-13-5-2-4-12(8-13)9-22-15-11-21(18)10-14(17(15)19-20-22)16-6-3-7-24-16/h2-8,10H,9,11,18H2,1H3. The van der Waals surface area contributed by atoms with E-state index in [-0.39, 0.29) is 0 Å². The molecule has 0 spiro atoms. The van der Waals surface area contributed by atoms with E-state index in [0.29, 0.717) is 13.1 Å². The maximum Gasteiger partial charge on any atom is 0.137 e. The molecule has 122 valence electrons. The van der Waals surface area contributed by atoms with Crippen LogP contribution in [0.5, 0.6) is 5.75 Å². The van der Waals surface area contributed by atoms with Gasteiger partial charge in [-0.25, -0.2) is 10.5 Å². The second kappa shape index (κ2) is 5.86. The Kier molecular flexibility index (Phi) is 3.55. The monoisotopic (exact) mass is 323 g/mol. The lowest BCUT2D eigenvalue weighted by Crippen LogP contribution is -2.29. The highest BCUT2D eigenvalue weighted by molar-refractivity contribution is 5.76. The zero-order chi connectivity index (χ0) is 16.5. The minimum Gasteiger partial charge on any atom is -0.497 e. The van der Waals surface area contributed by atoms with Gasteiger partial charge in [0.05, 0.1) is 37.7 Å². The number of nitrogens with two attached hydrogens (primary N) is 1. The number of hydrogen-bond donors (Lipinski definition) is 1. The second-order valence-corrected chi connectivity index (χ2v) is 5.59. The lowest BCUT2D eigenvalue weighted by molar-refractivity contribution is 0.365. The fourth-order valence-electron chi connectivity index (χ4n) is 2.83. The van der Waals surface area contributed by atoms with Crippen molar-refractivity contribution in [1.29, 1.82) is 0 Å². The van der Waals surface area contributed by atoms with Crippen LogP contribution in [0.1, 0.15) is 22.7 Å². The molecule has 0 unspecified atom stereocenters. The van der Waals surface area contributed by atoms with Crippen molar-refractivity contribution in [2.24, 2.45) is 5.84 Å². The van der Waals surface area contributed by atoms with Gasteiger partial charge >= 0.3 is 0 Å². The number of rotatable bonds is 4. The van der Waals surface area contributed by atoms with E-state index < -0.39 is 0 Å². The fraction of sp³-hybridized carbons (Fsp3) is 0.176. The molecule has 1 aliphatic heterocycles. The van der Waals surface area contributed by atoms with E-state index in [1.54, 1.807) is 18.4 Å². The minimum absolute atomic E-state index is 0.538. The summed E-state index contributed by atoms with van der Waals surface area (Å²) in [5.41, 5.74) is 3.67. The van der Waals surface area contributed by atoms with Crippen molar-refractivity contribution in [2.45, 2.75) is 13.1 Å². The summed E-state index contributed by atoms with van der Waals surface area (Å²) in [6.07, 6.45) is 3.46. The molecule has 24 heavy (non-hydrogen) atoms. The summed E-state index contributed by atoms with van der Waals surface area (Å²) in [6.45, 7) is 1.13. The molecule has 7 nitrogen and oxygen atoms in total. The normalized spacial score (nSPS) is 13.6. The van der Waals surface area contributed by atoms with Crippen LogP contribution in [0.2, 0.25) is 0 Å². The van der Waals surface area contributed by atoms with Gasteiger partial charge in [-0.1, -0.05) is 17.3 Å². The highest BCUT2D eigenvalue weighted by Crippen LogP contribution is 2.29. The van der Waals surface area contributed by atoms with Gasteiger partial charge in [-0.05, 0) is 29.8 Å². The molecule has 0 bridgehead atoms. The van der Waals surface area contributed by atoms with Crippen molar-refractivity contribution >= 4 is 5.57 Å². The van der Waals surface area contributed by atoms with Gasteiger partial charge in [-0.15, -0.1) is 5.10 Å². The first-order valence-corrected chi connectivity index (χ1v) is 7.57. The summed E-state index contributed by atoms with van der Waals surface area (Å²) in [6, 6.07) is 11.6. The molecule has 1 aromatic carbocycles. The van der Waals surface area contributed by atoms with Crippen molar-refractivity contribution in [1.82, 2.24) is 20.0 Å². The third kappa shape index (κ3) is 2.55. The Morgan fingerprint density at radius 1 is 1.29 bits per heavy atom. The van der Waals surface area contributed by atoms with E-state index in [1.165, 1.54) is 0 Å². The number of hydrazine groups is 1. The molecular weight excluding hydrogens is 306 g/mol. The highest BCUT2D eigenvalue weighted by atomic mass is 16.5. The molecule has 0 fully saturated rings. The van der Waals surface area contributed by atoms with E-state index in [0.717, 1.165) is 34.0 Å². The third-order valence-corrected chi connectivity index (χ3v) is 3.97. The molecule has 1 aliphatic rings. The van der Waals surface area contributed by atoms with Crippen LogP contribution < -0.4 is 10.6 Å². The van der Waals surface area contributed by atoms with E-state index in [2.05, 4.69) is 10.3 Å². The first-order chi connectivity index (χ1) is 11.7. The second-order valence-electron chi connectivity index (χ2n) is 5.59. The number of benzene rings is 1. The Labute approximate surface area is 138 Å². The zero-order valence-corrected chi connectivity index (χ0v) is 13.2. The molecule has 2 N–H and O–H groups in total. The Morgan fingerprint density at radius 3 is 3.00 bits per heavy atom. The van der Waals surface area contributed by atoms with Gasteiger partial charge in [0, 0.05) is 6.20 Å². The van der Waals surface area contributed by atoms with Gasteiger partial charge in [0.25, 0.3) is 0 Å². The Bertz CT molecular complexity index is 882. The number of nitrogens with zero attached hydrogens (tertiary/aromatic N) is 4. The molecule has 0 saturated carbocycles. The summed E-state index contributed by atoms with van der Waals surface area (Å²) in [7, 11) is 1.66. The minimum atomic E-state index is 0.538. The summed E-state index contributed by atoms with van der Waals surface area (Å²) in [4.78, 5) is 0. The summed E-state index contributed by atoms with van der Waals surface area (Å²) in [5, 5.41) is 10.3. The van der Waals surface area contributed by atoms with Crippen LogP contribution in [-0.2, 0) is 13.1 Å². The average Bonchev–Trinajstić information content (AvgIpc) is 3.25. The molecule has 2 aromatic heterocycles. The maximum atomic E-state index is 6.04. The van der Waals surface area contributed by atoms with Crippen LogP contribution in [0.3, 0.4) is 0 Å². The molecule has 0 radical (unpaired) electrons. The van der Waals surface area contributed by atoms with Gasteiger partial charge in [-0.3, -0.25) is 0 Å². The van der Waals surface area contributed by atoms with E-state index >= 15 is 0 Å². The lowest BCUT2D eigenvalue weighted by atomic mass is 10.1. The fourth-order valence-corrected chi connectivity index (χ4v) is 2.83. The van der Waals surface area contributed by atoms with Crippen molar-refractivity contribution < 1.29 is 9.15 Å². The quantitative estimate of drug-likeness (QED) is 0.740. The smallest absolute Gasteiger partial charge is 0.137 e. The van der Waals surface area contributed by atoms with Gasteiger partial charge in [0.1, 0.15) is 17.2 Å². The van der Waals surface area contributed by atoms with Gasteiger partial charge in [-0.2, -0.15) is 0 Å². The molecule has 7 heteroatoms. The van der Waals surface area contributed by atoms with Crippen LogP contribution >= 0.6 is 0 Å². The summed E-state index contributed by atoms with van der Waals surface area (Å²) < 4.78 is 12.6. The molecule has 3 aromatic rings. The van der Waals surface area contributed by atoms with Crippen molar-refractivity contribution in [2.75, 3.05) is 7.11 Å². The van der Waals surface area contributed by atoms with E-state index in [4.69, 9.17) is 15.0 Å². The average molecular weight is 323 g/mol. The Morgan fingerprint density at radius 2 is 2.21 bits per heavy atom. The molecule has 4 rings (SSSR count). The summed E-state index contributed by atoms with van der Waals surface area (Å²) in [5.74, 6) is 7.58. The zero-order valence-electron chi connectivity index (χ0n) is 13.2. The molecular formula is C17H17N5O2. The number of hydrogen-bond acceptors (Lipinski definition) is 6. The molecule has 3 heterocycles. The molecule has 0 saturated heterocycles. The van der Waals surface area contributed by atoms with Crippen LogP contribution in [0.15, 0.2) is 53.3 Å².